The van der Waals surface area contributed by atoms with Crippen molar-refractivity contribution in [2.24, 2.45) is 4.99 Å². The second kappa shape index (κ2) is 3.48. The summed E-state index contributed by atoms with van der Waals surface area (Å²) in [6.45, 7) is 3.52. The fourth-order valence-electron chi connectivity index (χ4n) is 1.15. The van der Waals surface area contributed by atoms with Crippen molar-refractivity contribution in [3.8, 4) is 0 Å². The van der Waals surface area contributed by atoms with E-state index in [1.807, 2.05) is 4.90 Å². The van der Waals surface area contributed by atoms with E-state index in [4.69, 9.17) is 5.11 Å². The first-order valence-electron chi connectivity index (χ1n) is 3.67. The Kier molecular flexibility index (Phi) is 2.59. The number of hydrogen-bond donors (Lipinski definition) is 1. The van der Waals surface area contributed by atoms with Gasteiger partial charge < -0.3 is 10.0 Å². The third-order valence-electron chi connectivity index (χ3n) is 1.62. The van der Waals surface area contributed by atoms with Crippen LogP contribution in [0.2, 0.25) is 0 Å². The molecule has 0 aromatic rings. The summed E-state index contributed by atoms with van der Waals surface area (Å²) in [4.78, 5) is 16.7. The summed E-state index contributed by atoms with van der Waals surface area (Å²) in [6, 6.07) is 0. The first kappa shape index (κ1) is 8.20. The average molecular weight is 156 g/mol. The lowest BCUT2D eigenvalue weighted by Crippen LogP contribution is -2.34. The van der Waals surface area contributed by atoms with Crippen molar-refractivity contribution in [3.63, 3.8) is 0 Å². The molecule has 62 valence electrons. The van der Waals surface area contributed by atoms with Crippen LogP contribution < -0.4 is 0 Å². The molecular weight excluding hydrogens is 144 g/mol. The normalized spacial score (nSPS) is 16.9. The van der Waals surface area contributed by atoms with Gasteiger partial charge in [0.25, 0.3) is 0 Å². The molecule has 0 aromatic carbocycles. The van der Waals surface area contributed by atoms with Gasteiger partial charge in [0.2, 0.25) is 0 Å². The number of aliphatic imine (C=N–C) groups is 1. The minimum atomic E-state index is -0.0176. The minimum absolute atomic E-state index is 0.0176. The summed E-state index contributed by atoms with van der Waals surface area (Å²) in [5.74, 6) is 0.495. The molecule has 0 fully saturated rings. The number of Topliss-reactive ketones (excluding diaryl/α,β-unsaturated/α-hetero) is 1. The van der Waals surface area contributed by atoms with Crippen LogP contribution in [-0.2, 0) is 4.79 Å². The Bertz CT molecular complexity index is 189. The standard InChI is InChI=1S/C7H12N2O2/c1-6(11)7-8-2-3-9(7)4-5-10/h10H,2-5H2,1H3. The molecule has 11 heavy (non-hydrogen) atoms. The first-order chi connectivity index (χ1) is 5.25. The third-order valence-corrected chi connectivity index (χ3v) is 1.62. The lowest BCUT2D eigenvalue weighted by atomic mass is 10.3. The van der Waals surface area contributed by atoms with Crippen LogP contribution in [0.15, 0.2) is 4.99 Å². The number of rotatable bonds is 3. The van der Waals surface area contributed by atoms with E-state index in [0.717, 1.165) is 6.54 Å². The van der Waals surface area contributed by atoms with Gasteiger partial charge in [-0.1, -0.05) is 0 Å². The number of amidine groups is 1. The number of carbonyl (C=O) groups excluding carboxylic acids is 1. The summed E-state index contributed by atoms with van der Waals surface area (Å²) >= 11 is 0. The molecule has 1 N–H and O–H groups in total. The molecule has 0 bridgehead atoms. The Balaban J connectivity index is 2.55. The second-order valence-electron chi connectivity index (χ2n) is 2.47. The Morgan fingerprint density at radius 3 is 3.09 bits per heavy atom. The van der Waals surface area contributed by atoms with Gasteiger partial charge in [-0.05, 0) is 0 Å². The van der Waals surface area contributed by atoms with E-state index in [-0.39, 0.29) is 12.4 Å². The second-order valence-corrected chi connectivity index (χ2v) is 2.47. The molecule has 0 amide bonds. The molecule has 0 unspecified atom stereocenters. The van der Waals surface area contributed by atoms with Gasteiger partial charge in [-0.3, -0.25) is 9.79 Å². The lowest BCUT2D eigenvalue weighted by Gasteiger charge is -2.16. The molecule has 0 saturated heterocycles. The summed E-state index contributed by atoms with van der Waals surface area (Å²) in [7, 11) is 0. The molecule has 0 aromatic heterocycles. The maximum absolute atomic E-state index is 10.9. The molecule has 1 aliphatic heterocycles. The lowest BCUT2D eigenvalue weighted by molar-refractivity contribution is -0.111. The Morgan fingerprint density at radius 2 is 2.55 bits per heavy atom. The van der Waals surface area contributed by atoms with E-state index in [9.17, 15) is 4.79 Å². The van der Waals surface area contributed by atoms with Crippen LogP contribution in [-0.4, -0.2) is 47.9 Å². The molecule has 0 aliphatic carbocycles. The monoisotopic (exact) mass is 156 g/mol. The third kappa shape index (κ3) is 1.77. The van der Waals surface area contributed by atoms with Gasteiger partial charge in [-0.15, -0.1) is 0 Å². The van der Waals surface area contributed by atoms with Crippen LogP contribution in [0.1, 0.15) is 6.92 Å². The van der Waals surface area contributed by atoms with Crippen LogP contribution in [0, 0.1) is 0 Å². The van der Waals surface area contributed by atoms with Crippen LogP contribution in [0.4, 0.5) is 0 Å². The van der Waals surface area contributed by atoms with Crippen molar-refractivity contribution in [3.05, 3.63) is 0 Å². The maximum Gasteiger partial charge on any atom is 0.194 e. The van der Waals surface area contributed by atoms with Crippen molar-refractivity contribution in [1.82, 2.24) is 4.90 Å². The maximum atomic E-state index is 10.9. The van der Waals surface area contributed by atoms with E-state index in [0.29, 0.717) is 18.9 Å². The Labute approximate surface area is 65.5 Å². The van der Waals surface area contributed by atoms with Crippen molar-refractivity contribution in [2.75, 3.05) is 26.2 Å². The zero-order valence-electron chi connectivity index (χ0n) is 6.58. The topological polar surface area (TPSA) is 52.9 Å². The van der Waals surface area contributed by atoms with Gasteiger partial charge in [0.05, 0.1) is 13.2 Å². The smallest absolute Gasteiger partial charge is 0.194 e. The SMILES string of the molecule is CC(=O)C1=NCCN1CCO. The van der Waals surface area contributed by atoms with Crippen LogP contribution in [0.25, 0.3) is 0 Å². The molecule has 0 radical (unpaired) electrons. The summed E-state index contributed by atoms with van der Waals surface area (Å²) in [6.07, 6.45) is 0. The summed E-state index contributed by atoms with van der Waals surface area (Å²) in [5.41, 5.74) is 0. The molecule has 1 heterocycles. The van der Waals surface area contributed by atoms with Crippen molar-refractivity contribution < 1.29 is 9.90 Å². The highest BCUT2D eigenvalue weighted by molar-refractivity contribution is 6.38. The van der Waals surface area contributed by atoms with Gasteiger partial charge in [0.15, 0.2) is 11.6 Å². The highest BCUT2D eigenvalue weighted by Gasteiger charge is 2.19. The van der Waals surface area contributed by atoms with Crippen molar-refractivity contribution >= 4 is 11.6 Å². The molecule has 4 heteroatoms. The Hall–Kier alpha value is -0.900. The number of nitrogens with zero attached hydrogens (tertiary/aromatic N) is 2. The number of aliphatic hydroxyl groups is 1. The van der Waals surface area contributed by atoms with Crippen molar-refractivity contribution in [1.29, 1.82) is 0 Å². The van der Waals surface area contributed by atoms with E-state index >= 15 is 0 Å². The van der Waals surface area contributed by atoms with Crippen LogP contribution >= 0.6 is 0 Å². The molecule has 0 atom stereocenters. The average Bonchev–Trinajstić information content (AvgIpc) is 2.36. The first-order valence-corrected chi connectivity index (χ1v) is 3.67. The fraction of sp³-hybridized carbons (Fsp3) is 0.714. The number of hydrogen-bond acceptors (Lipinski definition) is 4. The van der Waals surface area contributed by atoms with Crippen LogP contribution in [0.3, 0.4) is 0 Å². The van der Waals surface area contributed by atoms with Gasteiger partial charge >= 0.3 is 0 Å². The van der Waals surface area contributed by atoms with Gasteiger partial charge in [0, 0.05) is 20.0 Å². The molecule has 0 saturated carbocycles. The number of carbonyl (C=O) groups is 1. The zero-order chi connectivity index (χ0) is 8.27. The van der Waals surface area contributed by atoms with Gasteiger partial charge in [-0.2, -0.15) is 0 Å². The van der Waals surface area contributed by atoms with Crippen LogP contribution in [0.5, 0.6) is 0 Å². The summed E-state index contributed by atoms with van der Waals surface area (Å²) in [5, 5.41) is 8.62. The molecule has 0 spiro atoms. The fourth-order valence-corrected chi connectivity index (χ4v) is 1.15. The van der Waals surface area contributed by atoms with E-state index in [2.05, 4.69) is 4.99 Å². The van der Waals surface area contributed by atoms with Gasteiger partial charge in [-0.25, -0.2) is 0 Å². The zero-order valence-corrected chi connectivity index (χ0v) is 6.58. The largest absolute Gasteiger partial charge is 0.395 e. The predicted octanol–water partition coefficient (Wildman–Crippen LogP) is -0.718. The highest BCUT2D eigenvalue weighted by atomic mass is 16.3. The molecular formula is C7H12N2O2. The number of aliphatic hydroxyl groups excluding tert-OH is 1. The number of β-amino-alcohol motifs (C(OH)–C–C–N with tert-alkyl or cyclic N) is 1. The predicted molar refractivity (Wildman–Crippen MR) is 41.6 cm³/mol. The summed E-state index contributed by atoms with van der Waals surface area (Å²) < 4.78 is 0. The highest BCUT2D eigenvalue weighted by Crippen LogP contribution is 2.01. The quantitative estimate of drug-likeness (QED) is 0.586. The van der Waals surface area contributed by atoms with E-state index in [1.165, 1.54) is 6.92 Å². The molecule has 1 aliphatic rings. The van der Waals surface area contributed by atoms with E-state index < -0.39 is 0 Å². The molecule has 4 nitrogen and oxygen atoms in total. The van der Waals surface area contributed by atoms with E-state index in [1.54, 1.807) is 0 Å². The molecule has 1 rings (SSSR count). The van der Waals surface area contributed by atoms with Gasteiger partial charge in [0.1, 0.15) is 0 Å². The minimum Gasteiger partial charge on any atom is -0.395 e. The number of ketones is 1. The Morgan fingerprint density at radius 1 is 1.82 bits per heavy atom. The van der Waals surface area contributed by atoms with Crippen molar-refractivity contribution in [2.45, 2.75) is 6.92 Å².